The molecule has 0 saturated carbocycles. The lowest BCUT2D eigenvalue weighted by molar-refractivity contribution is 0.102. The SMILES string of the molecule is Cc1noc(C)c1C(=O)Nc1nc2ccccc2[nH]1. The molecule has 0 radical (unpaired) electrons. The Kier molecular flexibility index (Phi) is 2.56. The standard InChI is InChI=1S/C13H12N4O2/c1-7-11(8(2)19-17-7)12(18)16-13-14-9-5-3-4-6-10(9)15-13/h3-6H,1-2H3,(H2,14,15,16,18). The number of hydrogen-bond donors (Lipinski definition) is 2. The van der Waals surface area contributed by atoms with E-state index in [1.54, 1.807) is 13.8 Å². The molecule has 0 saturated heterocycles. The van der Waals surface area contributed by atoms with E-state index in [2.05, 4.69) is 20.4 Å². The fourth-order valence-corrected chi connectivity index (χ4v) is 1.99. The molecule has 0 bridgehead atoms. The van der Waals surface area contributed by atoms with E-state index in [4.69, 9.17) is 4.52 Å². The molecule has 2 N–H and O–H groups in total. The predicted molar refractivity (Wildman–Crippen MR) is 70.0 cm³/mol. The number of fused-ring (bicyclic) bond motifs is 1. The Labute approximate surface area is 108 Å². The van der Waals surface area contributed by atoms with Crippen LogP contribution in [0.2, 0.25) is 0 Å². The van der Waals surface area contributed by atoms with E-state index in [0.717, 1.165) is 11.0 Å². The number of H-pyrrole nitrogens is 1. The number of aromatic nitrogens is 3. The van der Waals surface area contributed by atoms with Gasteiger partial charge in [0.25, 0.3) is 5.91 Å². The Morgan fingerprint density at radius 1 is 1.32 bits per heavy atom. The highest BCUT2D eigenvalue weighted by molar-refractivity contribution is 6.05. The molecule has 0 aliphatic heterocycles. The molecule has 0 fully saturated rings. The van der Waals surface area contributed by atoms with E-state index in [9.17, 15) is 4.79 Å². The first-order valence-electron chi connectivity index (χ1n) is 5.84. The zero-order valence-corrected chi connectivity index (χ0v) is 10.5. The molecule has 1 amide bonds. The fraction of sp³-hybridized carbons (Fsp3) is 0.154. The minimum absolute atomic E-state index is 0.282. The minimum atomic E-state index is -0.282. The van der Waals surface area contributed by atoms with Crippen molar-refractivity contribution in [1.29, 1.82) is 0 Å². The Bertz CT molecular complexity index is 704. The molecule has 96 valence electrons. The van der Waals surface area contributed by atoms with Crippen LogP contribution in [0.3, 0.4) is 0 Å². The van der Waals surface area contributed by atoms with Crippen molar-refractivity contribution in [2.24, 2.45) is 0 Å². The molecular formula is C13H12N4O2. The van der Waals surface area contributed by atoms with Gasteiger partial charge in [-0.05, 0) is 26.0 Å². The molecule has 0 spiro atoms. The van der Waals surface area contributed by atoms with Gasteiger partial charge in [-0.2, -0.15) is 0 Å². The second-order valence-electron chi connectivity index (χ2n) is 4.26. The first-order valence-corrected chi connectivity index (χ1v) is 5.84. The van der Waals surface area contributed by atoms with Gasteiger partial charge in [-0.3, -0.25) is 10.1 Å². The fourth-order valence-electron chi connectivity index (χ4n) is 1.99. The molecule has 6 heteroatoms. The highest BCUT2D eigenvalue weighted by atomic mass is 16.5. The molecule has 0 unspecified atom stereocenters. The third-order valence-corrected chi connectivity index (χ3v) is 2.88. The van der Waals surface area contributed by atoms with Crippen molar-refractivity contribution < 1.29 is 9.32 Å². The Hall–Kier alpha value is -2.63. The zero-order chi connectivity index (χ0) is 13.4. The Morgan fingerprint density at radius 3 is 2.79 bits per heavy atom. The number of imidazole rings is 1. The smallest absolute Gasteiger partial charge is 0.263 e. The van der Waals surface area contributed by atoms with Crippen LogP contribution in [0.25, 0.3) is 11.0 Å². The number of nitrogens with zero attached hydrogens (tertiary/aromatic N) is 2. The number of nitrogens with one attached hydrogen (secondary N) is 2. The van der Waals surface area contributed by atoms with Crippen molar-refractivity contribution in [2.75, 3.05) is 5.32 Å². The number of carbonyl (C=O) groups is 1. The molecule has 0 aliphatic rings. The third-order valence-electron chi connectivity index (χ3n) is 2.88. The molecule has 0 atom stereocenters. The number of benzene rings is 1. The van der Waals surface area contributed by atoms with E-state index in [-0.39, 0.29) is 5.91 Å². The van der Waals surface area contributed by atoms with Crippen LogP contribution in [0.15, 0.2) is 28.8 Å². The van der Waals surface area contributed by atoms with Gasteiger partial charge in [-0.15, -0.1) is 0 Å². The second kappa shape index (κ2) is 4.24. The largest absolute Gasteiger partial charge is 0.361 e. The van der Waals surface area contributed by atoms with E-state index >= 15 is 0 Å². The van der Waals surface area contributed by atoms with Crippen molar-refractivity contribution >= 4 is 22.9 Å². The van der Waals surface area contributed by atoms with E-state index < -0.39 is 0 Å². The minimum Gasteiger partial charge on any atom is -0.361 e. The molecule has 2 heterocycles. The van der Waals surface area contributed by atoms with Crippen LogP contribution in [0.1, 0.15) is 21.8 Å². The summed E-state index contributed by atoms with van der Waals surface area (Å²) in [6, 6.07) is 7.56. The van der Waals surface area contributed by atoms with Crippen LogP contribution in [-0.4, -0.2) is 21.0 Å². The Morgan fingerprint density at radius 2 is 2.11 bits per heavy atom. The van der Waals surface area contributed by atoms with Gasteiger partial charge in [-0.25, -0.2) is 4.98 Å². The lowest BCUT2D eigenvalue weighted by Crippen LogP contribution is -2.14. The van der Waals surface area contributed by atoms with Crippen LogP contribution < -0.4 is 5.32 Å². The summed E-state index contributed by atoms with van der Waals surface area (Å²) >= 11 is 0. The summed E-state index contributed by atoms with van der Waals surface area (Å²) in [7, 11) is 0. The highest BCUT2D eigenvalue weighted by Gasteiger charge is 2.18. The van der Waals surface area contributed by atoms with Crippen molar-refractivity contribution in [3.05, 3.63) is 41.3 Å². The van der Waals surface area contributed by atoms with Crippen molar-refractivity contribution in [3.8, 4) is 0 Å². The maximum atomic E-state index is 12.1. The molecule has 0 aliphatic carbocycles. The van der Waals surface area contributed by atoms with Crippen molar-refractivity contribution in [2.45, 2.75) is 13.8 Å². The molecule has 6 nitrogen and oxygen atoms in total. The first-order chi connectivity index (χ1) is 9.15. The zero-order valence-electron chi connectivity index (χ0n) is 10.5. The number of amides is 1. The molecule has 3 aromatic rings. The summed E-state index contributed by atoms with van der Waals surface area (Å²) in [4.78, 5) is 19.4. The van der Waals surface area contributed by atoms with Gasteiger partial charge in [0, 0.05) is 0 Å². The first kappa shape index (κ1) is 11.5. The van der Waals surface area contributed by atoms with Crippen molar-refractivity contribution in [3.63, 3.8) is 0 Å². The summed E-state index contributed by atoms with van der Waals surface area (Å²) in [5.74, 6) is 0.618. The van der Waals surface area contributed by atoms with E-state index in [0.29, 0.717) is 23.0 Å². The topological polar surface area (TPSA) is 83.8 Å². The summed E-state index contributed by atoms with van der Waals surface area (Å²) in [6.07, 6.45) is 0. The summed E-state index contributed by atoms with van der Waals surface area (Å²) in [5.41, 5.74) is 2.68. The predicted octanol–water partition coefficient (Wildman–Crippen LogP) is 2.42. The number of aryl methyl sites for hydroxylation is 2. The number of hydrogen-bond acceptors (Lipinski definition) is 4. The number of anilines is 1. The van der Waals surface area contributed by atoms with Crippen LogP contribution >= 0.6 is 0 Å². The maximum absolute atomic E-state index is 12.1. The van der Waals surface area contributed by atoms with Crippen LogP contribution in [0.4, 0.5) is 5.95 Å². The second-order valence-corrected chi connectivity index (χ2v) is 4.26. The van der Waals surface area contributed by atoms with Gasteiger partial charge >= 0.3 is 0 Å². The van der Waals surface area contributed by atoms with E-state index in [1.807, 2.05) is 24.3 Å². The molecule has 19 heavy (non-hydrogen) atoms. The quantitative estimate of drug-likeness (QED) is 0.737. The van der Waals surface area contributed by atoms with Gasteiger partial charge in [0.1, 0.15) is 11.3 Å². The third kappa shape index (κ3) is 1.97. The molecule has 3 rings (SSSR count). The van der Waals surface area contributed by atoms with Gasteiger partial charge in [0.15, 0.2) is 0 Å². The monoisotopic (exact) mass is 256 g/mol. The lowest BCUT2D eigenvalue weighted by Gasteiger charge is -2.00. The average Bonchev–Trinajstić information content (AvgIpc) is 2.92. The number of para-hydroxylation sites is 2. The summed E-state index contributed by atoms with van der Waals surface area (Å²) < 4.78 is 4.97. The van der Waals surface area contributed by atoms with Crippen LogP contribution in [0, 0.1) is 13.8 Å². The lowest BCUT2D eigenvalue weighted by atomic mass is 10.2. The number of carbonyl (C=O) groups excluding carboxylic acids is 1. The van der Waals surface area contributed by atoms with Crippen LogP contribution in [0.5, 0.6) is 0 Å². The molecule has 2 aromatic heterocycles. The van der Waals surface area contributed by atoms with E-state index in [1.165, 1.54) is 0 Å². The summed E-state index contributed by atoms with van der Waals surface area (Å²) in [6.45, 7) is 3.43. The van der Waals surface area contributed by atoms with Crippen LogP contribution in [-0.2, 0) is 0 Å². The number of aromatic amines is 1. The Balaban J connectivity index is 1.91. The van der Waals surface area contributed by atoms with Gasteiger partial charge < -0.3 is 9.51 Å². The van der Waals surface area contributed by atoms with Gasteiger partial charge in [0.05, 0.1) is 16.7 Å². The molecular weight excluding hydrogens is 244 g/mol. The summed E-state index contributed by atoms with van der Waals surface area (Å²) in [5, 5.41) is 6.46. The number of rotatable bonds is 2. The highest BCUT2D eigenvalue weighted by Crippen LogP contribution is 2.16. The van der Waals surface area contributed by atoms with Crippen molar-refractivity contribution in [1.82, 2.24) is 15.1 Å². The maximum Gasteiger partial charge on any atom is 0.263 e. The van der Waals surface area contributed by atoms with Gasteiger partial charge in [-0.1, -0.05) is 17.3 Å². The normalized spacial score (nSPS) is 10.8. The molecule has 1 aromatic carbocycles. The van der Waals surface area contributed by atoms with Gasteiger partial charge in [0.2, 0.25) is 5.95 Å². The average molecular weight is 256 g/mol.